The summed E-state index contributed by atoms with van der Waals surface area (Å²) in [4.78, 5) is 18.2. The Bertz CT molecular complexity index is 1080. The summed E-state index contributed by atoms with van der Waals surface area (Å²) in [6, 6.07) is 14.5. The summed E-state index contributed by atoms with van der Waals surface area (Å²) in [5, 5.41) is 3.60. The Morgan fingerprint density at radius 1 is 1.03 bits per heavy atom. The molecule has 1 amide bonds. The van der Waals surface area contributed by atoms with Crippen molar-refractivity contribution in [1.29, 1.82) is 0 Å². The Morgan fingerprint density at radius 3 is 2.26 bits per heavy atom. The smallest absolute Gasteiger partial charge is 0.233 e. The van der Waals surface area contributed by atoms with Gasteiger partial charge in [-0.2, -0.15) is 0 Å². The van der Waals surface area contributed by atoms with Gasteiger partial charge in [-0.3, -0.25) is 4.79 Å². The number of thiazole rings is 1. The zero-order chi connectivity index (χ0) is 22.4. The molecule has 0 bridgehead atoms. The molecule has 5 nitrogen and oxygen atoms in total. The normalized spacial score (nSPS) is 12.9. The molecule has 0 saturated heterocycles. The summed E-state index contributed by atoms with van der Waals surface area (Å²) in [6.45, 7) is 4.33. The molecule has 1 aromatic heterocycles. The third-order valence-electron chi connectivity index (χ3n) is 5.51. The first-order valence-corrected chi connectivity index (χ1v) is 13.5. The first kappa shape index (κ1) is 23.4. The highest BCUT2D eigenvalue weighted by atomic mass is 32.2. The highest BCUT2D eigenvalue weighted by molar-refractivity contribution is 7.90. The van der Waals surface area contributed by atoms with E-state index in [0.717, 1.165) is 47.9 Å². The summed E-state index contributed by atoms with van der Waals surface area (Å²) in [7, 11) is -3.28. The van der Waals surface area contributed by atoms with Crippen LogP contribution < -0.4 is 5.32 Å². The lowest BCUT2D eigenvalue weighted by Gasteiger charge is -2.23. The van der Waals surface area contributed by atoms with Crippen LogP contribution in [-0.2, 0) is 14.6 Å². The molecule has 166 valence electrons. The van der Waals surface area contributed by atoms with Gasteiger partial charge >= 0.3 is 0 Å². The van der Waals surface area contributed by atoms with Gasteiger partial charge in [0.05, 0.1) is 21.0 Å². The number of nitrogens with one attached hydrogen (secondary N) is 1. The highest BCUT2D eigenvalue weighted by Crippen LogP contribution is 2.32. The summed E-state index contributed by atoms with van der Waals surface area (Å²) < 4.78 is 24.7. The van der Waals surface area contributed by atoms with Crippen molar-refractivity contribution in [3.8, 4) is 0 Å². The summed E-state index contributed by atoms with van der Waals surface area (Å²) in [5.74, 6) is -0.0113. The average molecular weight is 459 g/mol. The standard InChI is InChI=1S/C24H30N2O3S2/c1-4-8-17(9-5-2)16-20(18-12-14-19(15-13-18)31(3,28)29)23(27)26-24-25-21-10-6-7-11-22(21)30-24/h6-7,10-15,17,20H,4-5,8-9,16H2,1-3H3,(H,25,26,27). The predicted octanol–water partition coefficient (Wildman–Crippen LogP) is 6.03. The fourth-order valence-corrected chi connectivity index (χ4v) is 5.49. The number of aromatic nitrogens is 1. The zero-order valence-corrected chi connectivity index (χ0v) is 19.9. The molecule has 7 heteroatoms. The number of anilines is 1. The van der Waals surface area contributed by atoms with Crippen LogP contribution in [0.4, 0.5) is 5.13 Å². The Kier molecular flexibility index (Phi) is 7.84. The van der Waals surface area contributed by atoms with Gasteiger partial charge in [-0.25, -0.2) is 13.4 Å². The van der Waals surface area contributed by atoms with E-state index in [9.17, 15) is 13.2 Å². The number of nitrogens with zero attached hydrogens (tertiary/aromatic N) is 1. The number of carbonyl (C=O) groups excluding carboxylic acids is 1. The molecule has 3 aromatic rings. The first-order chi connectivity index (χ1) is 14.8. The SMILES string of the molecule is CCCC(CCC)CC(C(=O)Nc1nc2ccccc2s1)c1ccc(S(C)(=O)=O)cc1. The Hall–Kier alpha value is -2.25. The van der Waals surface area contributed by atoms with Crippen LogP contribution in [0.1, 0.15) is 57.4 Å². The van der Waals surface area contributed by atoms with Gasteiger partial charge in [0.25, 0.3) is 0 Å². The number of sulfone groups is 1. The summed E-state index contributed by atoms with van der Waals surface area (Å²) in [5.41, 5.74) is 1.70. The van der Waals surface area contributed by atoms with Crippen molar-refractivity contribution in [2.45, 2.75) is 56.8 Å². The van der Waals surface area contributed by atoms with Crippen LogP contribution in [0.25, 0.3) is 10.2 Å². The Labute approximate surface area is 188 Å². The fourth-order valence-electron chi connectivity index (χ4n) is 3.99. The lowest BCUT2D eigenvalue weighted by atomic mass is 9.84. The maximum Gasteiger partial charge on any atom is 0.233 e. The lowest BCUT2D eigenvalue weighted by molar-refractivity contribution is -0.118. The number of benzene rings is 2. The van der Waals surface area contributed by atoms with Gasteiger partial charge in [-0.05, 0) is 42.2 Å². The van der Waals surface area contributed by atoms with E-state index in [1.165, 1.54) is 17.6 Å². The van der Waals surface area contributed by atoms with Crippen molar-refractivity contribution in [3.63, 3.8) is 0 Å². The average Bonchev–Trinajstić information content (AvgIpc) is 3.14. The number of carbonyl (C=O) groups is 1. The maximum atomic E-state index is 13.4. The van der Waals surface area contributed by atoms with Crippen LogP contribution in [0, 0.1) is 5.92 Å². The van der Waals surface area contributed by atoms with E-state index in [0.29, 0.717) is 11.0 Å². The van der Waals surface area contributed by atoms with Crippen LogP contribution in [0.2, 0.25) is 0 Å². The largest absolute Gasteiger partial charge is 0.301 e. The van der Waals surface area contributed by atoms with Crippen LogP contribution >= 0.6 is 11.3 Å². The molecule has 0 aliphatic rings. The van der Waals surface area contributed by atoms with E-state index in [-0.39, 0.29) is 16.7 Å². The Balaban J connectivity index is 1.88. The minimum atomic E-state index is -3.28. The summed E-state index contributed by atoms with van der Waals surface area (Å²) >= 11 is 1.46. The number of rotatable bonds is 10. The van der Waals surface area contributed by atoms with E-state index in [4.69, 9.17) is 0 Å². The van der Waals surface area contributed by atoms with Crippen molar-refractivity contribution in [2.24, 2.45) is 5.92 Å². The minimum absolute atomic E-state index is 0.0941. The van der Waals surface area contributed by atoms with E-state index in [2.05, 4.69) is 24.1 Å². The number of amides is 1. The third kappa shape index (κ3) is 6.14. The van der Waals surface area contributed by atoms with Crippen molar-refractivity contribution in [1.82, 2.24) is 4.98 Å². The molecule has 2 aromatic carbocycles. The van der Waals surface area contributed by atoms with E-state index >= 15 is 0 Å². The van der Waals surface area contributed by atoms with Crippen molar-refractivity contribution in [3.05, 3.63) is 54.1 Å². The third-order valence-corrected chi connectivity index (χ3v) is 7.59. The molecule has 0 spiro atoms. The molecule has 0 aliphatic carbocycles. The molecular weight excluding hydrogens is 428 g/mol. The van der Waals surface area contributed by atoms with Gasteiger partial charge in [0.2, 0.25) is 5.91 Å². The molecule has 3 rings (SSSR count). The summed E-state index contributed by atoms with van der Waals surface area (Å²) in [6.07, 6.45) is 6.21. The Morgan fingerprint density at radius 2 is 1.68 bits per heavy atom. The van der Waals surface area contributed by atoms with Crippen LogP contribution in [0.5, 0.6) is 0 Å². The number of fused-ring (bicyclic) bond motifs is 1. The molecular formula is C24H30N2O3S2. The zero-order valence-electron chi connectivity index (χ0n) is 18.3. The van der Waals surface area contributed by atoms with E-state index in [1.807, 2.05) is 24.3 Å². The highest BCUT2D eigenvalue weighted by Gasteiger charge is 2.25. The molecule has 0 radical (unpaired) electrons. The van der Waals surface area contributed by atoms with Crippen LogP contribution in [0.15, 0.2) is 53.4 Å². The molecule has 1 unspecified atom stereocenters. The quantitative estimate of drug-likeness (QED) is 0.402. The fraction of sp³-hybridized carbons (Fsp3) is 0.417. The molecule has 0 fully saturated rings. The monoisotopic (exact) mass is 458 g/mol. The number of hydrogen-bond donors (Lipinski definition) is 1. The number of para-hydroxylation sites is 1. The van der Waals surface area contributed by atoms with E-state index in [1.54, 1.807) is 24.3 Å². The molecule has 31 heavy (non-hydrogen) atoms. The second-order valence-corrected chi connectivity index (χ2v) is 11.1. The molecule has 0 aliphatic heterocycles. The second kappa shape index (κ2) is 10.4. The van der Waals surface area contributed by atoms with Gasteiger partial charge in [0.1, 0.15) is 0 Å². The lowest BCUT2D eigenvalue weighted by Crippen LogP contribution is -2.23. The van der Waals surface area contributed by atoms with E-state index < -0.39 is 9.84 Å². The molecule has 1 N–H and O–H groups in total. The van der Waals surface area contributed by atoms with Gasteiger partial charge in [0.15, 0.2) is 15.0 Å². The van der Waals surface area contributed by atoms with Crippen molar-refractivity contribution < 1.29 is 13.2 Å². The molecule has 1 atom stereocenters. The maximum absolute atomic E-state index is 13.4. The van der Waals surface area contributed by atoms with Gasteiger partial charge < -0.3 is 5.32 Å². The van der Waals surface area contributed by atoms with Crippen molar-refractivity contribution in [2.75, 3.05) is 11.6 Å². The van der Waals surface area contributed by atoms with Gasteiger partial charge in [0, 0.05) is 6.26 Å². The topological polar surface area (TPSA) is 76.1 Å². The van der Waals surface area contributed by atoms with Gasteiger partial charge in [-0.15, -0.1) is 0 Å². The first-order valence-electron chi connectivity index (χ1n) is 10.8. The minimum Gasteiger partial charge on any atom is -0.301 e. The second-order valence-electron chi connectivity index (χ2n) is 8.05. The van der Waals surface area contributed by atoms with Crippen LogP contribution in [0.3, 0.4) is 0 Å². The molecule has 1 heterocycles. The van der Waals surface area contributed by atoms with Crippen molar-refractivity contribution >= 4 is 42.4 Å². The van der Waals surface area contributed by atoms with Gasteiger partial charge in [-0.1, -0.05) is 75.1 Å². The molecule has 0 saturated carbocycles. The van der Waals surface area contributed by atoms with Crippen LogP contribution in [-0.4, -0.2) is 25.6 Å². The predicted molar refractivity (Wildman–Crippen MR) is 128 cm³/mol. The number of hydrogen-bond acceptors (Lipinski definition) is 5.